The molecule has 0 unspecified atom stereocenters. The maximum atomic E-state index is 14.1. The Bertz CT molecular complexity index is 1310. The van der Waals surface area contributed by atoms with Crippen molar-refractivity contribution in [1.29, 1.82) is 0 Å². The van der Waals surface area contributed by atoms with Crippen LogP contribution >= 0.6 is 0 Å². The predicted molar refractivity (Wildman–Crippen MR) is 151 cm³/mol. The molecule has 42 heavy (non-hydrogen) atoms. The largest absolute Gasteiger partial charge is 0.504 e. The summed E-state index contributed by atoms with van der Waals surface area (Å²) in [5.41, 5.74) is -1.18. The minimum Gasteiger partial charge on any atom is -0.504 e. The van der Waals surface area contributed by atoms with Crippen LogP contribution in [-0.4, -0.2) is 84.5 Å². The fourth-order valence-electron chi connectivity index (χ4n) is 8.03. The fourth-order valence-corrected chi connectivity index (χ4v) is 8.03. The van der Waals surface area contributed by atoms with Gasteiger partial charge >= 0.3 is 5.97 Å². The molecule has 10 heteroatoms. The van der Waals surface area contributed by atoms with Crippen LogP contribution in [0.1, 0.15) is 76.3 Å². The summed E-state index contributed by atoms with van der Waals surface area (Å²) in [6, 6.07) is 3.42. The molecule has 0 aromatic heterocycles. The molecule has 3 aliphatic carbocycles. The molecule has 2 N–H and O–H groups in total. The maximum Gasteiger partial charge on any atom is 0.312 e. The molecule has 10 nitrogen and oxygen atoms in total. The first-order valence-electron chi connectivity index (χ1n) is 15.3. The number of hydrogen-bond acceptors (Lipinski definition) is 9. The first kappa shape index (κ1) is 29.1. The quantitative estimate of drug-likeness (QED) is 0.282. The number of Topliss-reactive ketones (excluding diaryl/α,β-unsaturated/α-hetero) is 2. The molecule has 1 amide bonds. The number of nitrogens with zero attached hydrogens (tertiary/aromatic N) is 1. The summed E-state index contributed by atoms with van der Waals surface area (Å²) in [7, 11) is 1.55. The van der Waals surface area contributed by atoms with E-state index >= 15 is 0 Å². The van der Waals surface area contributed by atoms with Crippen LogP contribution in [0.3, 0.4) is 0 Å². The van der Waals surface area contributed by atoms with Gasteiger partial charge in [-0.1, -0.05) is 6.07 Å². The van der Waals surface area contributed by atoms with Crippen molar-refractivity contribution in [3.05, 3.63) is 23.3 Å². The highest BCUT2D eigenvalue weighted by molar-refractivity contribution is 5.92. The van der Waals surface area contributed by atoms with Gasteiger partial charge in [0.2, 0.25) is 5.91 Å². The fraction of sp³-hybridized carbons (Fsp3) is 0.688. The number of phenolic OH excluding ortho intramolecular Hbond substituents is 1. The first-order chi connectivity index (χ1) is 20.0. The molecule has 5 aliphatic rings. The van der Waals surface area contributed by atoms with Crippen molar-refractivity contribution in [3.63, 3.8) is 0 Å². The lowest BCUT2D eigenvalue weighted by molar-refractivity contribution is -0.222. The minimum atomic E-state index is -1.14. The number of piperidine rings is 1. The number of benzene rings is 1. The lowest BCUT2D eigenvalue weighted by Gasteiger charge is -2.64. The zero-order valence-corrected chi connectivity index (χ0v) is 24.8. The van der Waals surface area contributed by atoms with Gasteiger partial charge in [0.25, 0.3) is 0 Å². The SMILES string of the molecule is COCCNC(=O)CCC(=O)CC(C)(C)C(=O)O[C@@]12CCC(=O)[C@@H]3Oc4c(O)ccc5c4[C@@]31CCN(CC1CC1)[C@@H]2C5. The average Bonchev–Trinajstić information content (AvgIpc) is 3.69. The number of nitrogens with one attached hydrogen (secondary N) is 1. The molecule has 6 rings (SSSR count). The number of phenols is 1. The second-order valence-corrected chi connectivity index (χ2v) is 13.5. The van der Waals surface area contributed by atoms with Gasteiger partial charge in [-0.25, -0.2) is 0 Å². The number of hydrogen-bond donors (Lipinski definition) is 2. The molecule has 1 aromatic carbocycles. The van der Waals surface area contributed by atoms with E-state index in [0.29, 0.717) is 44.1 Å². The second-order valence-electron chi connectivity index (χ2n) is 13.5. The molecule has 4 atom stereocenters. The molecule has 228 valence electrons. The Morgan fingerprint density at radius 3 is 2.71 bits per heavy atom. The molecule has 2 bridgehead atoms. The van der Waals surface area contributed by atoms with Crippen LogP contribution in [-0.2, 0) is 40.5 Å². The van der Waals surface area contributed by atoms with Crippen LogP contribution < -0.4 is 10.1 Å². The summed E-state index contributed by atoms with van der Waals surface area (Å²) in [5, 5.41) is 13.5. The smallest absolute Gasteiger partial charge is 0.312 e. The number of methoxy groups -OCH3 is 1. The summed E-state index contributed by atoms with van der Waals surface area (Å²) in [6.45, 7) is 5.87. The third-order valence-corrected chi connectivity index (χ3v) is 10.2. The van der Waals surface area contributed by atoms with E-state index in [1.54, 1.807) is 27.0 Å². The van der Waals surface area contributed by atoms with Crippen LogP contribution in [0.15, 0.2) is 12.1 Å². The number of likely N-dealkylation sites (tertiary alicyclic amines) is 1. The van der Waals surface area contributed by atoms with Crippen molar-refractivity contribution >= 4 is 23.4 Å². The van der Waals surface area contributed by atoms with Gasteiger partial charge in [-0.05, 0) is 70.0 Å². The number of ketones is 2. The molecule has 0 radical (unpaired) electrons. The van der Waals surface area contributed by atoms with Gasteiger partial charge in [-0.2, -0.15) is 0 Å². The number of aromatic hydroxyl groups is 1. The Morgan fingerprint density at radius 1 is 1.19 bits per heavy atom. The molecule has 1 saturated heterocycles. The zero-order chi connectivity index (χ0) is 29.9. The number of carbonyl (C=O) groups is 4. The van der Waals surface area contributed by atoms with E-state index in [-0.39, 0.29) is 54.9 Å². The minimum absolute atomic E-state index is 0.00148. The van der Waals surface area contributed by atoms with E-state index < -0.39 is 28.5 Å². The number of ether oxygens (including phenoxy) is 3. The van der Waals surface area contributed by atoms with Crippen molar-refractivity contribution in [2.24, 2.45) is 11.3 Å². The van der Waals surface area contributed by atoms with Crippen LogP contribution in [0, 0.1) is 11.3 Å². The number of esters is 1. The third-order valence-electron chi connectivity index (χ3n) is 10.2. The summed E-state index contributed by atoms with van der Waals surface area (Å²) < 4.78 is 18.0. The molecular weight excluding hydrogens is 540 g/mol. The first-order valence-corrected chi connectivity index (χ1v) is 15.3. The Hall–Kier alpha value is -2.98. The number of rotatable bonds is 12. The topological polar surface area (TPSA) is 131 Å². The van der Waals surface area contributed by atoms with Crippen molar-refractivity contribution in [2.75, 3.05) is 33.4 Å². The van der Waals surface area contributed by atoms with E-state index in [1.807, 2.05) is 6.07 Å². The van der Waals surface area contributed by atoms with Crippen molar-refractivity contribution in [3.8, 4) is 11.5 Å². The number of amides is 1. The van der Waals surface area contributed by atoms with Gasteiger partial charge in [-0.3, -0.25) is 24.1 Å². The van der Waals surface area contributed by atoms with Crippen molar-refractivity contribution < 1.29 is 38.5 Å². The van der Waals surface area contributed by atoms with E-state index in [1.165, 1.54) is 12.8 Å². The highest BCUT2D eigenvalue weighted by atomic mass is 16.6. The monoisotopic (exact) mass is 582 g/mol. The predicted octanol–water partition coefficient (Wildman–Crippen LogP) is 2.60. The number of carbonyl (C=O) groups excluding carboxylic acids is 4. The van der Waals surface area contributed by atoms with Gasteiger partial charge in [0, 0.05) is 51.4 Å². The molecular formula is C32H42N2O8. The van der Waals surface area contributed by atoms with Gasteiger partial charge in [0.15, 0.2) is 23.4 Å². The molecule has 2 saturated carbocycles. The summed E-state index contributed by atoms with van der Waals surface area (Å²) in [6.07, 6.45) is 3.39. The van der Waals surface area contributed by atoms with E-state index in [2.05, 4.69) is 10.2 Å². The van der Waals surface area contributed by atoms with Crippen LogP contribution in [0.5, 0.6) is 11.5 Å². The average molecular weight is 583 g/mol. The van der Waals surface area contributed by atoms with E-state index in [4.69, 9.17) is 14.2 Å². The Morgan fingerprint density at radius 2 is 1.98 bits per heavy atom. The Labute approximate surface area is 246 Å². The van der Waals surface area contributed by atoms with Crippen LogP contribution in [0.4, 0.5) is 0 Å². The third kappa shape index (κ3) is 4.61. The van der Waals surface area contributed by atoms with Gasteiger partial charge in [0.05, 0.1) is 23.5 Å². The van der Waals surface area contributed by atoms with Gasteiger partial charge < -0.3 is 24.6 Å². The summed E-state index contributed by atoms with van der Waals surface area (Å²) >= 11 is 0. The maximum absolute atomic E-state index is 14.1. The molecule has 1 aromatic rings. The normalized spacial score (nSPS) is 29.5. The highest BCUT2D eigenvalue weighted by Gasteiger charge is 2.75. The molecule has 3 fully saturated rings. The second kappa shape index (κ2) is 10.6. The van der Waals surface area contributed by atoms with Gasteiger partial charge in [0.1, 0.15) is 11.4 Å². The summed E-state index contributed by atoms with van der Waals surface area (Å²) in [4.78, 5) is 55.0. The van der Waals surface area contributed by atoms with Crippen molar-refractivity contribution in [2.45, 2.75) is 94.8 Å². The van der Waals surface area contributed by atoms with Crippen molar-refractivity contribution in [1.82, 2.24) is 10.2 Å². The molecule has 2 heterocycles. The van der Waals surface area contributed by atoms with Crippen LogP contribution in [0.2, 0.25) is 0 Å². The Balaban J connectivity index is 1.28. The van der Waals surface area contributed by atoms with E-state index in [9.17, 15) is 24.3 Å². The molecule has 2 aliphatic heterocycles. The Kier molecular flexibility index (Phi) is 7.37. The lowest BCUT2D eigenvalue weighted by atomic mass is 9.48. The molecule has 1 spiro atoms. The van der Waals surface area contributed by atoms with E-state index in [0.717, 1.165) is 24.2 Å². The zero-order valence-electron chi connectivity index (χ0n) is 24.8. The summed E-state index contributed by atoms with van der Waals surface area (Å²) in [5.74, 6) is 0.0433. The standard InChI is InChI=1S/C32H42N2O8/c1-30(2,17-21(35)7-9-25(38)33-13-15-40-3)29(39)42-32-11-10-23(37)28-31(32)12-14-34(18-19-4-5-19)24(32)16-20-6-8-22(36)27(41-28)26(20)31/h6,8,19,24,28,36H,4-5,7,9-18H2,1-3H3,(H,33,38)/t24-,28+,31+,32-/m1/s1. The van der Waals surface area contributed by atoms with Crippen LogP contribution in [0.25, 0.3) is 0 Å². The highest BCUT2D eigenvalue weighted by Crippen LogP contribution is 2.66. The van der Waals surface area contributed by atoms with Gasteiger partial charge in [-0.15, -0.1) is 0 Å². The lowest BCUT2D eigenvalue weighted by Crippen LogP contribution is -2.78.